The highest BCUT2D eigenvalue weighted by Gasteiger charge is 2.33. The Morgan fingerprint density at radius 2 is 1.67 bits per heavy atom. The smallest absolute Gasteiger partial charge is 0.0998 e. The summed E-state index contributed by atoms with van der Waals surface area (Å²) in [6.07, 6.45) is 4.90. The molecular formula is C10H19NO. The van der Waals surface area contributed by atoms with Crippen LogP contribution in [0.15, 0.2) is 5.18 Å². The molecule has 1 aliphatic rings. The van der Waals surface area contributed by atoms with Crippen LogP contribution in [0.2, 0.25) is 0 Å². The summed E-state index contributed by atoms with van der Waals surface area (Å²) >= 11 is 0. The Labute approximate surface area is 74.7 Å². The van der Waals surface area contributed by atoms with E-state index >= 15 is 0 Å². The summed E-state index contributed by atoms with van der Waals surface area (Å²) in [6.45, 7) is 6.21. The monoisotopic (exact) mass is 169 g/mol. The Morgan fingerprint density at radius 1 is 1.17 bits per heavy atom. The van der Waals surface area contributed by atoms with Crippen molar-refractivity contribution in [3.05, 3.63) is 4.91 Å². The Morgan fingerprint density at radius 3 is 2.08 bits per heavy atom. The molecule has 1 rings (SSSR count). The number of nitroso groups, excluding NO2 is 1. The molecule has 0 aromatic heterocycles. The summed E-state index contributed by atoms with van der Waals surface area (Å²) in [4.78, 5) is 10.6. The maximum absolute atomic E-state index is 10.6. The average molecular weight is 169 g/mol. The normalized spacial score (nSPS) is 31.6. The van der Waals surface area contributed by atoms with Gasteiger partial charge in [-0.25, -0.2) is 0 Å². The number of hydrogen-bond donors (Lipinski definition) is 0. The molecule has 0 N–H and O–H groups in total. The SMILES string of the molecule is CC1CCC(C(C)(C)N=O)CC1. The van der Waals surface area contributed by atoms with Gasteiger partial charge in [-0.3, -0.25) is 0 Å². The maximum atomic E-state index is 10.6. The first kappa shape index (κ1) is 9.69. The fourth-order valence-corrected chi connectivity index (χ4v) is 2.04. The van der Waals surface area contributed by atoms with Gasteiger partial charge in [0.05, 0.1) is 5.54 Å². The van der Waals surface area contributed by atoms with E-state index in [1.165, 1.54) is 25.7 Å². The van der Waals surface area contributed by atoms with Gasteiger partial charge >= 0.3 is 0 Å². The minimum atomic E-state index is -0.333. The molecule has 0 bridgehead atoms. The van der Waals surface area contributed by atoms with Crippen LogP contribution in [-0.2, 0) is 0 Å². The Hall–Kier alpha value is -0.400. The van der Waals surface area contributed by atoms with Crippen LogP contribution in [0.3, 0.4) is 0 Å². The lowest BCUT2D eigenvalue weighted by atomic mass is 9.74. The highest BCUT2D eigenvalue weighted by Crippen LogP contribution is 2.36. The minimum Gasteiger partial charge on any atom is -0.150 e. The van der Waals surface area contributed by atoms with Gasteiger partial charge in [-0.05, 0) is 38.5 Å². The van der Waals surface area contributed by atoms with E-state index in [0.29, 0.717) is 5.92 Å². The quantitative estimate of drug-likeness (QED) is 0.583. The van der Waals surface area contributed by atoms with E-state index in [2.05, 4.69) is 12.1 Å². The lowest BCUT2D eigenvalue weighted by Gasteiger charge is -2.33. The van der Waals surface area contributed by atoms with Crippen LogP contribution in [0.25, 0.3) is 0 Å². The van der Waals surface area contributed by atoms with Crippen molar-refractivity contribution in [2.24, 2.45) is 17.0 Å². The molecule has 0 spiro atoms. The molecule has 0 atom stereocenters. The summed E-state index contributed by atoms with van der Waals surface area (Å²) in [7, 11) is 0. The van der Waals surface area contributed by atoms with E-state index in [1.54, 1.807) is 0 Å². The highest BCUT2D eigenvalue weighted by atomic mass is 16.3. The van der Waals surface area contributed by atoms with Gasteiger partial charge in [0.1, 0.15) is 0 Å². The van der Waals surface area contributed by atoms with E-state index in [0.717, 1.165) is 5.92 Å². The first-order valence-corrected chi connectivity index (χ1v) is 4.91. The molecule has 12 heavy (non-hydrogen) atoms. The van der Waals surface area contributed by atoms with Gasteiger partial charge in [-0.1, -0.05) is 24.9 Å². The van der Waals surface area contributed by atoms with E-state index < -0.39 is 0 Å². The largest absolute Gasteiger partial charge is 0.150 e. The van der Waals surface area contributed by atoms with Crippen molar-refractivity contribution in [2.45, 2.75) is 52.0 Å². The molecule has 70 valence electrons. The van der Waals surface area contributed by atoms with Crippen LogP contribution in [0.5, 0.6) is 0 Å². The Balaban J connectivity index is 2.49. The first-order chi connectivity index (χ1) is 5.56. The van der Waals surface area contributed by atoms with Crippen LogP contribution in [0, 0.1) is 16.7 Å². The van der Waals surface area contributed by atoms with Crippen LogP contribution in [0.4, 0.5) is 0 Å². The van der Waals surface area contributed by atoms with Gasteiger partial charge in [0.2, 0.25) is 0 Å². The topological polar surface area (TPSA) is 29.4 Å². The van der Waals surface area contributed by atoms with Crippen molar-refractivity contribution >= 4 is 0 Å². The molecule has 2 heteroatoms. The molecule has 0 aromatic rings. The summed E-state index contributed by atoms with van der Waals surface area (Å²) < 4.78 is 0. The minimum absolute atomic E-state index is 0.333. The number of hydrogen-bond acceptors (Lipinski definition) is 2. The fourth-order valence-electron chi connectivity index (χ4n) is 2.04. The molecule has 0 aromatic carbocycles. The van der Waals surface area contributed by atoms with Crippen molar-refractivity contribution in [3.63, 3.8) is 0 Å². The zero-order chi connectivity index (χ0) is 9.19. The molecule has 1 fully saturated rings. The third-order valence-corrected chi connectivity index (χ3v) is 3.25. The van der Waals surface area contributed by atoms with E-state index in [1.807, 2.05) is 13.8 Å². The third kappa shape index (κ3) is 2.05. The predicted octanol–water partition coefficient (Wildman–Crippen LogP) is 3.36. The second-order valence-electron chi connectivity index (χ2n) is 4.70. The van der Waals surface area contributed by atoms with Gasteiger partial charge in [-0.15, -0.1) is 0 Å². The molecule has 0 saturated heterocycles. The lowest BCUT2D eigenvalue weighted by Crippen LogP contribution is -2.31. The molecule has 1 saturated carbocycles. The molecule has 0 amide bonds. The predicted molar refractivity (Wildman–Crippen MR) is 51.0 cm³/mol. The standard InChI is InChI=1S/C10H19NO/c1-8-4-6-9(7-5-8)10(2,3)11-12/h8-9H,4-7H2,1-3H3. The van der Waals surface area contributed by atoms with Gasteiger partial charge in [0.25, 0.3) is 0 Å². The van der Waals surface area contributed by atoms with Crippen molar-refractivity contribution < 1.29 is 0 Å². The third-order valence-electron chi connectivity index (χ3n) is 3.25. The van der Waals surface area contributed by atoms with Gasteiger partial charge < -0.3 is 0 Å². The molecule has 0 heterocycles. The van der Waals surface area contributed by atoms with Crippen LogP contribution < -0.4 is 0 Å². The second kappa shape index (κ2) is 3.55. The highest BCUT2D eigenvalue weighted by molar-refractivity contribution is 4.88. The van der Waals surface area contributed by atoms with Crippen molar-refractivity contribution in [3.8, 4) is 0 Å². The fraction of sp³-hybridized carbons (Fsp3) is 1.00. The average Bonchev–Trinajstić information content (AvgIpc) is 2.05. The number of rotatable bonds is 2. The van der Waals surface area contributed by atoms with Gasteiger partial charge in [0, 0.05) is 0 Å². The summed E-state index contributed by atoms with van der Waals surface area (Å²) in [5.74, 6) is 1.37. The Bertz CT molecular complexity index is 157. The van der Waals surface area contributed by atoms with Crippen LogP contribution in [0.1, 0.15) is 46.5 Å². The zero-order valence-corrected chi connectivity index (χ0v) is 8.34. The van der Waals surface area contributed by atoms with Crippen molar-refractivity contribution in [1.29, 1.82) is 0 Å². The number of nitrogens with zero attached hydrogens (tertiary/aromatic N) is 1. The summed E-state index contributed by atoms with van der Waals surface area (Å²) in [5.41, 5.74) is -0.333. The van der Waals surface area contributed by atoms with Crippen molar-refractivity contribution in [1.82, 2.24) is 0 Å². The van der Waals surface area contributed by atoms with Crippen LogP contribution in [-0.4, -0.2) is 5.54 Å². The Kier molecular flexibility index (Phi) is 2.86. The second-order valence-corrected chi connectivity index (χ2v) is 4.70. The van der Waals surface area contributed by atoms with Crippen molar-refractivity contribution in [2.75, 3.05) is 0 Å². The van der Waals surface area contributed by atoms with Gasteiger partial charge in [0.15, 0.2) is 0 Å². The summed E-state index contributed by atoms with van der Waals surface area (Å²) in [5, 5.41) is 3.22. The first-order valence-electron chi connectivity index (χ1n) is 4.91. The molecular weight excluding hydrogens is 150 g/mol. The molecule has 0 radical (unpaired) electrons. The maximum Gasteiger partial charge on any atom is 0.0998 e. The van der Waals surface area contributed by atoms with Crippen LogP contribution >= 0.6 is 0 Å². The molecule has 1 aliphatic carbocycles. The van der Waals surface area contributed by atoms with E-state index in [-0.39, 0.29) is 5.54 Å². The lowest BCUT2D eigenvalue weighted by molar-refractivity contribution is 0.206. The molecule has 0 unspecified atom stereocenters. The summed E-state index contributed by atoms with van der Waals surface area (Å²) in [6, 6.07) is 0. The van der Waals surface area contributed by atoms with E-state index in [9.17, 15) is 4.91 Å². The zero-order valence-electron chi connectivity index (χ0n) is 8.34. The van der Waals surface area contributed by atoms with Gasteiger partial charge in [-0.2, -0.15) is 4.91 Å². The van der Waals surface area contributed by atoms with E-state index in [4.69, 9.17) is 0 Å². The molecule has 0 aliphatic heterocycles. The molecule has 2 nitrogen and oxygen atoms in total.